The van der Waals surface area contributed by atoms with Crippen molar-refractivity contribution in [3.8, 4) is 0 Å². The summed E-state index contributed by atoms with van der Waals surface area (Å²) in [6.07, 6.45) is 1.44. The first kappa shape index (κ1) is 29.7. The van der Waals surface area contributed by atoms with E-state index in [4.69, 9.17) is 19.8 Å². The molecule has 0 fully saturated rings. The molecule has 0 bridgehead atoms. The Labute approximate surface area is 87.9 Å². The van der Waals surface area contributed by atoms with Gasteiger partial charge in [-0.2, -0.15) is 0 Å². The van der Waals surface area contributed by atoms with Crippen molar-refractivity contribution in [2.75, 3.05) is 0 Å². The van der Waals surface area contributed by atoms with Gasteiger partial charge in [0.05, 0.1) is 11.9 Å². The molecule has 0 spiro atoms. The predicted octanol–water partition coefficient (Wildman–Crippen LogP) is -3.81. The fourth-order valence-corrected chi connectivity index (χ4v) is 0. The first-order chi connectivity index (χ1) is 4.54. The summed E-state index contributed by atoms with van der Waals surface area (Å²) in [7, 11) is 0. The molecule has 0 amide bonds. The van der Waals surface area contributed by atoms with Crippen LogP contribution in [0.4, 0.5) is 0 Å². The molecule has 0 radical (unpaired) electrons. The molecule has 0 aliphatic heterocycles. The summed E-state index contributed by atoms with van der Waals surface area (Å²) < 4.78 is 0. The van der Waals surface area contributed by atoms with Crippen LogP contribution in [0.25, 0.3) is 0 Å². The molecule has 0 rings (SSSR count). The van der Waals surface area contributed by atoms with Crippen molar-refractivity contribution in [2.24, 2.45) is 0 Å². The largest absolute Gasteiger partial charge is 2.00 e. The van der Waals surface area contributed by atoms with Crippen LogP contribution in [0.2, 0.25) is 0 Å². The Hall–Kier alpha value is -1.04. The van der Waals surface area contributed by atoms with Gasteiger partial charge in [-0.3, -0.25) is 0 Å². The maximum atomic E-state index is 9.14. The Kier molecular flexibility index (Phi) is 51.2. The summed E-state index contributed by atoms with van der Waals surface area (Å²) in [4.78, 5) is 18.3. The molecule has 0 aromatic carbocycles. The molecule has 72 valence electrons. The van der Waals surface area contributed by atoms with Gasteiger partial charge in [0.25, 0.3) is 0 Å². The molecule has 0 heterocycles. The van der Waals surface area contributed by atoms with Crippen LogP contribution in [0.3, 0.4) is 0 Å². The SMILES string of the molecule is C=CC(=O)[O-].C=CC(=O)[O-].O.O.[Zn+2]. The predicted molar refractivity (Wildman–Crippen MR) is 37.6 cm³/mol. The van der Waals surface area contributed by atoms with Gasteiger partial charge >= 0.3 is 19.5 Å². The van der Waals surface area contributed by atoms with Crippen LogP contribution in [-0.4, -0.2) is 22.9 Å². The van der Waals surface area contributed by atoms with Crippen molar-refractivity contribution in [1.82, 2.24) is 0 Å². The Morgan fingerprint density at radius 3 is 1.00 bits per heavy atom. The summed E-state index contributed by atoms with van der Waals surface area (Å²) in [5.74, 6) is -2.46. The second kappa shape index (κ2) is 22.4. The molecular weight excluding hydrogens is 233 g/mol. The van der Waals surface area contributed by atoms with Crippen molar-refractivity contribution in [2.45, 2.75) is 0 Å². The molecule has 0 unspecified atom stereocenters. The normalized spacial score (nSPS) is 4.92. The number of hydrogen-bond donors (Lipinski definition) is 0. The molecule has 0 aliphatic rings. The third-order valence-corrected chi connectivity index (χ3v) is 0.333. The Balaban J connectivity index is -0.0000000267. The molecule has 0 aromatic heterocycles. The van der Waals surface area contributed by atoms with E-state index in [1.165, 1.54) is 0 Å². The standard InChI is InChI=1S/2C3H4O2.2H2O.Zn/c2*1-2-3(4)5;;;/h2*2H,1H2,(H,4,5);2*1H2;/q;;;;+2/p-2. The fourth-order valence-electron chi connectivity index (χ4n) is 0. The summed E-state index contributed by atoms with van der Waals surface area (Å²) in [6, 6.07) is 0. The second-order valence-corrected chi connectivity index (χ2v) is 1.05. The number of carbonyl (C=O) groups excluding carboxylic acids is 2. The van der Waals surface area contributed by atoms with E-state index in [0.29, 0.717) is 0 Å². The average Bonchev–Trinajstić information content (AvgIpc) is 1.89. The first-order valence-corrected chi connectivity index (χ1v) is 2.21. The van der Waals surface area contributed by atoms with E-state index in [9.17, 15) is 0 Å². The summed E-state index contributed by atoms with van der Waals surface area (Å²) in [5, 5.41) is 18.3. The zero-order valence-electron chi connectivity index (χ0n) is 6.91. The van der Waals surface area contributed by atoms with E-state index in [-0.39, 0.29) is 30.4 Å². The number of aliphatic carboxylic acids is 2. The molecule has 6 nitrogen and oxygen atoms in total. The fraction of sp³-hybridized carbons (Fsp3) is 0. The van der Waals surface area contributed by atoms with Gasteiger partial charge in [0.1, 0.15) is 0 Å². The molecule has 0 aromatic rings. The molecule has 0 saturated heterocycles. The molecule has 13 heavy (non-hydrogen) atoms. The van der Waals surface area contributed by atoms with Gasteiger partial charge in [0.15, 0.2) is 0 Å². The Bertz CT molecular complexity index is 137. The smallest absolute Gasteiger partial charge is 0.545 e. The zero-order chi connectivity index (χ0) is 8.57. The molecular formula is C6H10O6Zn. The molecule has 0 aliphatic carbocycles. The Morgan fingerprint density at radius 2 is 1.00 bits per heavy atom. The minimum atomic E-state index is -1.23. The van der Waals surface area contributed by atoms with E-state index in [2.05, 4.69) is 13.2 Å². The van der Waals surface area contributed by atoms with E-state index in [1.54, 1.807) is 0 Å². The van der Waals surface area contributed by atoms with Crippen LogP contribution in [0.15, 0.2) is 25.3 Å². The minimum absolute atomic E-state index is 0. The summed E-state index contributed by atoms with van der Waals surface area (Å²) in [5.41, 5.74) is 0. The van der Waals surface area contributed by atoms with Crippen molar-refractivity contribution in [1.29, 1.82) is 0 Å². The number of rotatable bonds is 2. The van der Waals surface area contributed by atoms with Gasteiger partial charge in [-0.05, 0) is 12.2 Å². The van der Waals surface area contributed by atoms with Gasteiger partial charge < -0.3 is 30.8 Å². The van der Waals surface area contributed by atoms with E-state index >= 15 is 0 Å². The molecule has 4 N–H and O–H groups in total. The molecule has 7 heteroatoms. The Morgan fingerprint density at radius 1 is 0.923 bits per heavy atom. The molecule has 0 atom stereocenters. The maximum Gasteiger partial charge on any atom is 2.00 e. The van der Waals surface area contributed by atoms with Crippen LogP contribution in [0.1, 0.15) is 0 Å². The van der Waals surface area contributed by atoms with Gasteiger partial charge in [-0.1, -0.05) is 13.2 Å². The van der Waals surface area contributed by atoms with E-state index in [1.807, 2.05) is 0 Å². The summed E-state index contributed by atoms with van der Waals surface area (Å²) in [6.45, 7) is 5.80. The second-order valence-electron chi connectivity index (χ2n) is 1.05. The zero-order valence-corrected chi connectivity index (χ0v) is 9.88. The van der Waals surface area contributed by atoms with Gasteiger partial charge in [-0.25, -0.2) is 0 Å². The maximum absolute atomic E-state index is 9.14. The molecule has 0 saturated carbocycles. The number of carboxylic acids is 2. The quantitative estimate of drug-likeness (QED) is 0.362. The number of hydrogen-bond acceptors (Lipinski definition) is 4. The monoisotopic (exact) mass is 242 g/mol. The van der Waals surface area contributed by atoms with Crippen LogP contribution in [0.5, 0.6) is 0 Å². The van der Waals surface area contributed by atoms with Crippen molar-refractivity contribution in [3.05, 3.63) is 25.3 Å². The summed E-state index contributed by atoms with van der Waals surface area (Å²) >= 11 is 0. The van der Waals surface area contributed by atoms with Gasteiger partial charge in [-0.15, -0.1) is 0 Å². The van der Waals surface area contributed by atoms with E-state index < -0.39 is 11.9 Å². The van der Waals surface area contributed by atoms with Crippen molar-refractivity contribution in [3.63, 3.8) is 0 Å². The number of carbonyl (C=O) groups is 2. The van der Waals surface area contributed by atoms with Crippen LogP contribution < -0.4 is 10.2 Å². The van der Waals surface area contributed by atoms with Crippen molar-refractivity contribution >= 4 is 11.9 Å². The number of carboxylic acid groups (broad SMARTS) is 2. The average molecular weight is 244 g/mol. The minimum Gasteiger partial charge on any atom is -0.545 e. The van der Waals surface area contributed by atoms with Gasteiger partial charge in [0, 0.05) is 0 Å². The third kappa shape index (κ3) is 100. The van der Waals surface area contributed by atoms with E-state index in [0.717, 1.165) is 12.2 Å². The first-order valence-electron chi connectivity index (χ1n) is 2.21. The van der Waals surface area contributed by atoms with Crippen LogP contribution in [0, 0.1) is 0 Å². The van der Waals surface area contributed by atoms with Crippen LogP contribution >= 0.6 is 0 Å². The topological polar surface area (TPSA) is 143 Å². The van der Waals surface area contributed by atoms with Crippen LogP contribution in [-0.2, 0) is 29.1 Å². The van der Waals surface area contributed by atoms with Gasteiger partial charge in [0.2, 0.25) is 0 Å². The van der Waals surface area contributed by atoms with Crippen molar-refractivity contribution < 1.29 is 50.2 Å². The third-order valence-electron chi connectivity index (χ3n) is 0.333.